The van der Waals surface area contributed by atoms with Crippen molar-refractivity contribution in [3.63, 3.8) is 0 Å². The van der Waals surface area contributed by atoms with E-state index in [0.717, 1.165) is 77.9 Å². The lowest BCUT2D eigenvalue weighted by Crippen LogP contribution is -2.11. The Morgan fingerprint density at radius 2 is 0.430 bits per heavy atom. The van der Waals surface area contributed by atoms with Gasteiger partial charge in [0.25, 0.3) is 0 Å². The smallest absolute Gasteiger partial charge is 0.416 e. The van der Waals surface area contributed by atoms with Gasteiger partial charge in [0.15, 0.2) is 58.7 Å². The van der Waals surface area contributed by atoms with Crippen LogP contribution in [0.5, 0.6) is 23.0 Å². The highest BCUT2D eigenvalue weighted by Gasteiger charge is 2.34. The number of alkyl halides is 3. The highest BCUT2D eigenvalue weighted by Crippen LogP contribution is 2.38. The number of rotatable bonds is 20. The quantitative estimate of drug-likeness (QED) is 0.0322. The maximum Gasteiger partial charge on any atom is 0.416 e. The molecule has 16 rings (SSSR count). The minimum atomic E-state index is -4.45. The normalized spacial score (nSPS) is 10.9. The Morgan fingerprint density at radius 1 is 0.207 bits per heavy atom. The molecule has 0 radical (unpaired) electrons. The lowest BCUT2D eigenvalue weighted by atomic mass is 10.1. The Morgan fingerprint density at radius 3 is 0.678 bits per heavy atom. The molecule has 121 heavy (non-hydrogen) atoms. The molecule has 0 saturated heterocycles. The largest absolute Gasteiger partial charge is 0.423 e. The first-order valence-corrected chi connectivity index (χ1v) is 42.2. The highest BCUT2D eigenvalue weighted by molar-refractivity contribution is 7.98. The number of benzene rings is 16. The summed E-state index contributed by atoms with van der Waals surface area (Å²) in [7, 11) is -1.22. The predicted molar refractivity (Wildman–Crippen MR) is 456 cm³/mol. The number of carbonyl (C=O) groups excluding carboxylic acids is 4. The first-order chi connectivity index (χ1) is 58.8. The molecule has 0 bridgehead atoms. The molecule has 20 heteroatoms. The lowest BCUT2D eigenvalue weighted by molar-refractivity contribution is -0.137. The van der Waals surface area contributed by atoms with E-state index in [0.29, 0.717) is 34.9 Å². The zero-order chi connectivity index (χ0) is 84.5. The molecule has 0 unspecified atom stereocenters. The Balaban J connectivity index is 0.000000139. The summed E-state index contributed by atoms with van der Waals surface area (Å²) in [5, 5.41) is 0. The molecule has 0 spiro atoms. The summed E-state index contributed by atoms with van der Waals surface area (Å²) in [5.74, 6) is -5.28. The molecule has 0 saturated carbocycles. The van der Waals surface area contributed by atoms with Crippen LogP contribution in [0.2, 0.25) is 0 Å². The van der Waals surface area contributed by atoms with Crippen LogP contribution < -0.4 is 18.9 Å². The van der Waals surface area contributed by atoms with E-state index in [9.17, 15) is 54.3 Å². The third kappa shape index (κ3) is 23.6. The maximum absolute atomic E-state index is 13.8. The summed E-state index contributed by atoms with van der Waals surface area (Å²) >= 11 is 0. The average Bonchev–Trinajstić information content (AvgIpc) is 0.817. The van der Waals surface area contributed by atoms with Gasteiger partial charge in [-0.3, -0.25) is 0 Å². The first kappa shape index (κ1) is 85.1. The van der Waals surface area contributed by atoms with E-state index in [-0.39, 0.29) is 71.8 Å². The molecule has 0 aromatic heterocycles. The van der Waals surface area contributed by atoms with Crippen LogP contribution in [0.25, 0.3) is 0 Å². The molecule has 0 aliphatic rings. The van der Waals surface area contributed by atoms with Crippen molar-refractivity contribution in [3.8, 4) is 23.0 Å². The summed E-state index contributed by atoms with van der Waals surface area (Å²) in [6.07, 6.45) is -4.45. The molecule has 0 heterocycles. The van der Waals surface area contributed by atoms with Crippen LogP contribution in [-0.2, 0) is 49.8 Å². The fourth-order valence-corrected chi connectivity index (χ4v) is 20.4. The second-order valence-corrected chi connectivity index (χ2v) is 34.1. The molecular formula is C101H70F8O8S4+4. The van der Waals surface area contributed by atoms with Crippen LogP contribution in [0.1, 0.15) is 47.0 Å². The summed E-state index contributed by atoms with van der Waals surface area (Å²) in [6, 6.07) is 125. The minimum absolute atomic E-state index is 0.0513. The van der Waals surface area contributed by atoms with Crippen LogP contribution in [0.4, 0.5) is 35.1 Å². The zero-order valence-electron chi connectivity index (χ0n) is 63.8. The molecule has 0 atom stereocenters. The number of ether oxygens (including phenoxy) is 4. The first-order valence-electron chi connectivity index (χ1n) is 37.3. The molecular weight excluding hydrogens is 1620 g/mol. The van der Waals surface area contributed by atoms with Crippen molar-refractivity contribution < 1.29 is 73.2 Å². The van der Waals surface area contributed by atoms with Crippen molar-refractivity contribution >= 4 is 67.5 Å². The molecule has 598 valence electrons. The van der Waals surface area contributed by atoms with Gasteiger partial charge < -0.3 is 18.9 Å². The van der Waals surface area contributed by atoms with Gasteiger partial charge in [0.2, 0.25) is 0 Å². The van der Waals surface area contributed by atoms with Crippen molar-refractivity contribution in [3.05, 3.63) is 482 Å². The second kappa shape index (κ2) is 41.6. The standard InChI is InChI=1S/C26H18F3O2S.2C25H17F2O2S.C25H18FO2S/c27-26(28,29)20-13-11-19(12-14-20)25(30)31-21-15-17-24(18-16-21)32(22-7-3-1-4-8-22)23-9-5-2-6-10-23;26-18-11-16-23(24(27)17-18)25(28)29-19-12-14-22(15-13-19)30(20-7-3-1-4-8-20)21-9-5-2-6-10-21;26-19-15-18(16-20(27)17-19)25(28)29-21-11-13-24(14-12-21)30(22-7-3-1-4-8-22)23-9-5-2-6-10-23;26-20-13-11-19(12-14-20)25(27)28-21-15-17-24(18-16-21)29(22-7-3-1-4-8-22)23-9-5-2-6-10-23/h1-18H;2*1-17H;1-18H/q4*+1. The Hall–Kier alpha value is -13.8. The fourth-order valence-electron chi connectivity index (χ4n) is 12.0. The third-order valence-corrected chi connectivity index (χ3v) is 26.6. The van der Waals surface area contributed by atoms with E-state index in [1.54, 1.807) is 48.5 Å². The average molecular weight is 1690 g/mol. The summed E-state index contributed by atoms with van der Waals surface area (Å²) in [6.45, 7) is 0. The van der Waals surface area contributed by atoms with Crippen LogP contribution >= 0.6 is 0 Å². The molecule has 16 aromatic carbocycles. The summed E-state index contributed by atoms with van der Waals surface area (Å²) in [5.41, 5.74) is -0.940. The molecule has 0 amide bonds. The van der Waals surface area contributed by atoms with Crippen LogP contribution in [0.15, 0.2) is 483 Å². The lowest BCUT2D eigenvalue weighted by Gasteiger charge is -2.09. The Bertz CT molecular complexity index is 5870. The van der Waals surface area contributed by atoms with Crippen LogP contribution in [0, 0.1) is 29.1 Å². The third-order valence-electron chi connectivity index (χ3n) is 17.7. The maximum atomic E-state index is 13.8. The van der Waals surface area contributed by atoms with Crippen molar-refractivity contribution in [2.45, 2.75) is 64.9 Å². The predicted octanol–water partition coefficient (Wildman–Crippen LogP) is 25.7. The summed E-state index contributed by atoms with van der Waals surface area (Å²) < 4.78 is 126. The van der Waals surface area contributed by atoms with E-state index >= 15 is 0 Å². The second-order valence-electron chi connectivity index (χ2n) is 26.0. The van der Waals surface area contributed by atoms with Crippen molar-refractivity contribution in [2.75, 3.05) is 0 Å². The van der Waals surface area contributed by atoms with Gasteiger partial charge in [-0.05, 0) is 267 Å². The molecule has 8 nitrogen and oxygen atoms in total. The van der Waals surface area contributed by atoms with Crippen molar-refractivity contribution in [1.82, 2.24) is 0 Å². The molecule has 0 N–H and O–H groups in total. The van der Waals surface area contributed by atoms with E-state index < -0.39 is 58.9 Å². The van der Waals surface area contributed by atoms with Gasteiger partial charge in [0, 0.05) is 12.1 Å². The van der Waals surface area contributed by atoms with Crippen molar-refractivity contribution in [2.24, 2.45) is 0 Å². The minimum Gasteiger partial charge on any atom is -0.423 e. The molecule has 0 aliphatic heterocycles. The summed E-state index contributed by atoms with van der Waals surface area (Å²) in [4.78, 5) is 62.8. The Kier molecular flexibility index (Phi) is 29.2. The van der Waals surface area contributed by atoms with Gasteiger partial charge in [0.05, 0.1) is 71.4 Å². The van der Waals surface area contributed by atoms with Gasteiger partial charge in [-0.2, -0.15) is 13.2 Å². The van der Waals surface area contributed by atoms with E-state index in [2.05, 4.69) is 97.1 Å². The Labute approximate surface area is 705 Å². The SMILES string of the molecule is O=C(Oc1ccc([S+](c2ccccc2)c2ccccc2)cc1)c1cc(F)cc(F)c1.O=C(Oc1ccc([S+](c2ccccc2)c2ccccc2)cc1)c1ccc(C(F)(F)F)cc1.O=C(Oc1ccc([S+](c2ccccc2)c2ccccc2)cc1)c1ccc(F)cc1.O=C(Oc1ccc([S+](c2ccccc2)c2ccccc2)cc1)c1ccc(F)cc1F. The van der Waals surface area contributed by atoms with Gasteiger partial charge in [-0.25, -0.2) is 41.1 Å². The number of hydrogen-bond acceptors (Lipinski definition) is 8. The van der Waals surface area contributed by atoms with Gasteiger partial charge in [-0.15, -0.1) is 0 Å². The molecule has 0 fully saturated rings. The molecule has 16 aromatic rings. The number of esters is 4. The number of hydrogen-bond donors (Lipinski definition) is 0. The van der Waals surface area contributed by atoms with E-state index in [1.807, 2.05) is 194 Å². The monoisotopic (exact) mass is 1690 g/mol. The zero-order valence-corrected chi connectivity index (χ0v) is 67.1. The van der Waals surface area contributed by atoms with Gasteiger partial charge in [-0.1, -0.05) is 146 Å². The highest BCUT2D eigenvalue weighted by atomic mass is 32.2. The van der Waals surface area contributed by atoms with Crippen molar-refractivity contribution in [1.29, 1.82) is 0 Å². The van der Waals surface area contributed by atoms with E-state index in [4.69, 9.17) is 18.9 Å². The number of halogens is 8. The fraction of sp³-hybridized carbons (Fsp3) is 0.00990. The van der Waals surface area contributed by atoms with Crippen LogP contribution in [-0.4, -0.2) is 23.9 Å². The molecule has 0 aliphatic carbocycles. The van der Waals surface area contributed by atoms with Gasteiger partial charge in [0.1, 0.15) is 52.1 Å². The topological polar surface area (TPSA) is 105 Å². The van der Waals surface area contributed by atoms with Gasteiger partial charge >= 0.3 is 30.1 Å². The number of carbonyl (C=O) groups is 4. The van der Waals surface area contributed by atoms with Crippen LogP contribution in [0.3, 0.4) is 0 Å². The van der Waals surface area contributed by atoms with E-state index in [1.165, 1.54) is 53.6 Å².